The summed E-state index contributed by atoms with van der Waals surface area (Å²) in [6, 6.07) is 7.43. The Morgan fingerprint density at radius 2 is 2.22 bits per heavy atom. The van der Waals surface area contributed by atoms with E-state index in [1.54, 1.807) is 23.1 Å². The van der Waals surface area contributed by atoms with Gasteiger partial charge in [0.05, 0.1) is 11.8 Å². The van der Waals surface area contributed by atoms with Crippen molar-refractivity contribution >= 4 is 17.1 Å². The van der Waals surface area contributed by atoms with Crippen LogP contribution in [-0.2, 0) is 0 Å². The summed E-state index contributed by atoms with van der Waals surface area (Å²) in [6.07, 6.45) is 3.04. The van der Waals surface area contributed by atoms with Crippen molar-refractivity contribution in [2.75, 3.05) is 0 Å². The summed E-state index contributed by atoms with van der Waals surface area (Å²) in [5.74, 6) is -1.10. The van der Waals surface area contributed by atoms with E-state index in [1.165, 1.54) is 17.7 Å². The van der Waals surface area contributed by atoms with Crippen LogP contribution in [-0.4, -0.2) is 25.5 Å². The second-order valence-electron chi connectivity index (χ2n) is 5.09. The molecule has 0 spiro atoms. The molecule has 6 nitrogen and oxygen atoms in total. The van der Waals surface area contributed by atoms with Crippen LogP contribution in [0.3, 0.4) is 0 Å². The van der Waals surface area contributed by atoms with E-state index in [0.717, 1.165) is 16.9 Å². The highest BCUT2D eigenvalue weighted by Crippen LogP contribution is 2.26. The molecule has 0 fully saturated rings. The molecule has 0 aliphatic carbocycles. The van der Waals surface area contributed by atoms with Gasteiger partial charge in [0.25, 0.3) is 0 Å². The summed E-state index contributed by atoms with van der Waals surface area (Å²) in [4.78, 5) is 20.9. The van der Waals surface area contributed by atoms with Crippen molar-refractivity contribution in [2.45, 2.75) is 19.8 Å². The predicted octanol–water partition coefficient (Wildman–Crippen LogP) is 2.83. The summed E-state index contributed by atoms with van der Waals surface area (Å²) >= 11 is 1.34. The van der Waals surface area contributed by atoms with Crippen LogP contribution in [0.1, 0.15) is 32.5 Å². The van der Waals surface area contributed by atoms with Crippen LogP contribution < -0.4 is 0 Å². The normalized spacial score (nSPS) is 11.9. The zero-order valence-electron chi connectivity index (χ0n) is 12.6. The lowest BCUT2D eigenvalue weighted by atomic mass is 9.95. The molecule has 23 heavy (non-hydrogen) atoms. The van der Waals surface area contributed by atoms with Crippen LogP contribution in [0.15, 0.2) is 36.2 Å². The molecule has 1 atom stereocenters. The monoisotopic (exact) mass is 323 g/mol. The average Bonchev–Trinajstić information content (AvgIpc) is 3.19. The summed E-state index contributed by atoms with van der Waals surface area (Å²) in [7, 11) is 0. The maximum atomic E-state index is 12.7. The van der Waals surface area contributed by atoms with Crippen LogP contribution in [0, 0.1) is 25.2 Å². The van der Waals surface area contributed by atoms with Gasteiger partial charge in [0.2, 0.25) is 0 Å². The Hall–Kier alpha value is -2.85. The molecule has 0 saturated carbocycles. The van der Waals surface area contributed by atoms with E-state index < -0.39 is 5.92 Å². The second kappa shape index (κ2) is 6.10. The molecule has 0 N–H and O–H groups in total. The highest BCUT2D eigenvalue weighted by molar-refractivity contribution is 7.10. The summed E-state index contributed by atoms with van der Waals surface area (Å²) in [5.41, 5.74) is 2.94. The fraction of sp³-hybridized carbons (Fsp3) is 0.188. The van der Waals surface area contributed by atoms with Crippen molar-refractivity contribution in [3.8, 4) is 11.8 Å². The molecule has 0 saturated heterocycles. The number of thiazole rings is 1. The Morgan fingerprint density at radius 1 is 1.39 bits per heavy atom. The number of benzene rings is 1. The highest BCUT2D eigenvalue weighted by atomic mass is 32.1. The molecule has 1 unspecified atom stereocenters. The number of hydrogen-bond donors (Lipinski definition) is 0. The first-order valence-corrected chi connectivity index (χ1v) is 7.79. The first-order chi connectivity index (χ1) is 11.1. The zero-order chi connectivity index (χ0) is 16.4. The molecule has 0 amide bonds. The van der Waals surface area contributed by atoms with Gasteiger partial charge in [-0.25, -0.2) is 14.6 Å². The summed E-state index contributed by atoms with van der Waals surface area (Å²) < 4.78 is 1.62. The quantitative estimate of drug-likeness (QED) is 0.689. The third kappa shape index (κ3) is 2.89. The third-order valence-electron chi connectivity index (χ3n) is 3.43. The van der Waals surface area contributed by atoms with Crippen molar-refractivity contribution in [2.24, 2.45) is 0 Å². The van der Waals surface area contributed by atoms with Crippen LogP contribution in [0.5, 0.6) is 0 Å². The number of carbonyl (C=O) groups is 1. The van der Waals surface area contributed by atoms with Gasteiger partial charge in [-0.15, -0.1) is 11.3 Å². The minimum Gasteiger partial charge on any atom is -0.292 e. The highest BCUT2D eigenvalue weighted by Gasteiger charge is 2.25. The Balaban J connectivity index is 1.94. The van der Waals surface area contributed by atoms with E-state index in [0.29, 0.717) is 10.6 Å². The molecule has 0 radical (unpaired) electrons. The Labute approximate surface area is 137 Å². The van der Waals surface area contributed by atoms with E-state index in [4.69, 9.17) is 0 Å². The first-order valence-electron chi connectivity index (χ1n) is 6.91. The van der Waals surface area contributed by atoms with Gasteiger partial charge in [0.1, 0.15) is 17.7 Å². The molecule has 0 aliphatic heterocycles. The molecule has 0 aliphatic rings. The SMILES string of the molecule is Cc1csc(C(C#N)C(=O)c2ccc(-n3cncn3)cc2C)n1. The van der Waals surface area contributed by atoms with E-state index in [-0.39, 0.29) is 5.78 Å². The van der Waals surface area contributed by atoms with E-state index in [1.807, 2.05) is 25.3 Å². The smallest absolute Gasteiger partial charge is 0.187 e. The number of nitriles is 1. The number of ketones is 1. The molecule has 3 aromatic rings. The molecule has 2 heterocycles. The van der Waals surface area contributed by atoms with E-state index >= 15 is 0 Å². The van der Waals surface area contributed by atoms with Gasteiger partial charge in [-0.05, 0) is 37.6 Å². The maximum Gasteiger partial charge on any atom is 0.187 e. The minimum absolute atomic E-state index is 0.232. The molecule has 3 rings (SSSR count). The number of Topliss-reactive ketones (excluding diaryl/α,β-unsaturated/α-hetero) is 1. The van der Waals surface area contributed by atoms with Gasteiger partial charge in [-0.1, -0.05) is 0 Å². The molecule has 1 aromatic carbocycles. The van der Waals surface area contributed by atoms with Crippen molar-refractivity contribution in [1.29, 1.82) is 5.26 Å². The Morgan fingerprint density at radius 3 is 2.78 bits per heavy atom. The summed E-state index contributed by atoms with van der Waals surface area (Å²) in [5, 5.41) is 15.8. The standard InChI is InChI=1S/C16H13N5OS/c1-10-5-12(21-9-18-8-19-21)3-4-13(10)15(22)14(6-17)16-20-11(2)7-23-16/h3-5,7-9,14H,1-2H3. The van der Waals surface area contributed by atoms with Crippen molar-refractivity contribution < 1.29 is 4.79 Å². The number of rotatable bonds is 4. The van der Waals surface area contributed by atoms with Crippen molar-refractivity contribution in [3.63, 3.8) is 0 Å². The molecule has 114 valence electrons. The molecule has 7 heteroatoms. The molecular formula is C16H13N5OS. The molecule has 0 bridgehead atoms. The fourth-order valence-corrected chi connectivity index (χ4v) is 3.13. The number of aryl methyl sites for hydroxylation is 2. The van der Waals surface area contributed by atoms with Crippen LogP contribution in [0.25, 0.3) is 5.69 Å². The zero-order valence-corrected chi connectivity index (χ0v) is 13.4. The molecule has 2 aromatic heterocycles. The number of hydrogen-bond acceptors (Lipinski definition) is 6. The lowest BCUT2D eigenvalue weighted by Crippen LogP contribution is -2.13. The summed E-state index contributed by atoms with van der Waals surface area (Å²) in [6.45, 7) is 3.69. The first kappa shape index (κ1) is 15.1. The third-order valence-corrected chi connectivity index (χ3v) is 4.46. The van der Waals surface area contributed by atoms with Gasteiger partial charge in [0.15, 0.2) is 11.7 Å². The van der Waals surface area contributed by atoms with Crippen molar-refractivity contribution in [1.82, 2.24) is 19.7 Å². The fourth-order valence-electron chi connectivity index (χ4n) is 2.29. The predicted molar refractivity (Wildman–Crippen MR) is 85.6 cm³/mol. The largest absolute Gasteiger partial charge is 0.292 e. The van der Waals surface area contributed by atoms with Crippen LogP contribution in [0.2, 0.25) is 0 Å². The Bertz CT molecular complexity index is 892. The second-order valence-corrected chi connectivity index (χ2v) is 5.98. The van der Waals surface area contributed by atoms with Gasteiger partial charge in [-0.3, -0.25) is 4.79 Å². The average molecular weight is 323 g/mol. The van der Waals surface area contributed by atoms with Crippen molar-refractivity contribution in [3.05, 3.63) is 58.1 Å². The lowest BCUT2D eigenvalue weighted by molar-refractivity contribution is 0.0978. The van der Waals surface area contributed by atoms with Crippen LogP contribution >= 0.6 is 11.3 Å². The number of aromatic nitrogens is 4. The van der Waals surface area contributed by atoms with Gasteiger partial charge >= 0.3 is 0 Å². The van der Waals surface area contributed by atoms with E-state index in [9.17, 15) is 10.1 Å². The minimum atomic E-state index is -0.871. The van der Waals surface area contributed by atoms with Gasteiger partial charge in [0, 0.05) is 16.6 Å². The topological polar surface area (TPSA) is 84.5 Å². The van der Waals surface area contributed by atoms with Gasteiger partial charge in [-0.2, -0.15) is 10.4 Å². The number of carbonyl (C=O) groups excluding carboxylic acids is 1. The number of nitrogens with zero attached hydrogens (tertiary/aromatic N) is 5. The Kier molecular flexibility index (Phi) is 4.00. The lowest BCUT2D eigenvalue weighted by Gasteiger charge is -2.10. The van der Waals surface area contributed by atoms with E-state index in [2.05, 4.69) is 21.1 Å². The molecular weight excluding hydrogens is 310 g/mol. The van der Waals surface area contributed by atoms with Crippen LogP contribution in [0.4, 0.5) is 0 Å². The van der Waals surface area contributed by atoms with Gasteiger partial charge < -0.3 is 0 Å². The maximum absolute atomic E-state index is 12.7.